The summed E-state index contributed by atoms with van der Waals surface area (Å²) in [5, 5.41) is 0.493. The molecule has 1 saturated carbocycles. The molecule has 2 aromatic rings. The molecule has 0 N–H and O–H groups in total. The van der Waals surface area contributed by atoms with Gasteiger partial charge in [-0.15, -0.1) is 0 Å². The number of hydrogen-bond donors (Lipinski definition) is 0. The van der Waals surface area contributed by atoms with Gasteiger partial charge in [-0.05, 0) is 37.5 Å². The van der Waals surface area contributed by atoms with E-state index >= 15 is 0 Å². The minimum absolute atomic E-state index is 0.461. The molecule has 0 bridgehead atoms. The van der Waals surface area contributed by atoms with E-state index in [4.69, 9.17) is 16.3 Å². The molecule has 1 aromatic heterocycles. The van der Waals surface area contributed by atoms with Gasteiger partial charge in [0.25, 0.3) is 0 Å². The average Bonchev–Trinajstić information content (AvgIpc) is 3.26. The van der Waals surface area contributed by atoms with E-state index in [0.717, 1.165) is 34.3 Å². The predicted octanol–water partition coefficient (Wildman–Crippen LogP) is 4.66. The lowest BCUT2D eigenvalue weighted by molar-refractivity contribution is 0.290. The van der Waals surface area contributed by atoms with Gasteiger partial charge in [-0.3, -0.25) is 0 Å². The SMILES string of the molecule is Cc1c(Cl)nc(C2CC2)nc1OCc1ccc(Br)cc1. The Morgan fingerprint density at radius 3 is 2.60 bits per heavy atom. The van der Waals surface area contributed by atoms with Crippen molar-refractivity contribution in [1.82, 2.24) is 9.97 Å². The van der Waals surface area contributed by atoms with Gasteiger partial charge in [0.2, 0.25) is 5.88 Å². The van der Waals surface area contributed by atoms with Gasteiger partial charge >= 0.3 is 0 Å². The van der Waals surface area contributed by atoms with Crippen LogP contribution in [0.15, 0.2) is 28.7 Å². The first-order valence-electron chi connectivity index (χ1n) is 6.55. The van der Waals surface area contributed by atoms with Gasteiger partial charge in [0.1, 0.15) is 17.6 Å². The standard InChI is InChI=1S/C15H14BrClN2O/c1-9-13(17)18-14(11-4-5-11)19-15(9)20-8-10-2-6-12(16)7-3-10/h2-3,6-7,11H,4-5,8H2,1H3. The third-order valence-electron chi connectivity index (χ3n) is 3.29. The number of rotatable bonds is 4. The summed E-state index contributed by atoms with van der Waals surface area (Å²) < 4.78 is 6.87. The molecule has 1 fully saturated rings. The van der Waals surface area contributed by atoms with Crippen LogP contribution in [0.4, 0.5) is 0 Å². The summed E-state index contributed by atoms with van der Waals surface area (Å²) in [6.07, 6.45) is 2.29. The summed E-state index contributed by atoms with van der Waals surface area (Å²) in [6, 6.07) is 8.02. The van der Waals surface area contributed by atoms with Gasteiger partial charge in [0.15, 0.2) is 0 Å². The highest BCUT2D eigenvalue weighted by molar-refractivity contribution is 9.10. The van der Waals surface area contributed by atoms with E-state index in [-0.39, 0.29) is 0 Å². The van der Waals surface area contributed by atoms with Crippen molar-refractivity contribution >= 4 is 27.5 Å². The molecule has 0 unspecified atom stereocenters. The second kappa shape index (κ2) is 5.70. The number of hydrogen-bond acceptors (Lipinski definition) is 3. The molecule has 20 heavy (non-hydrogen) atoms. The van der Waals surface area contributed by atoms with Gasteiger partial charge in [0.05, 0.1) is 0 Å². The van der Waals surface area contributed by atoms with Crippen LogP contribution < -0.4 is 4.74 Å². The van der Waals surface area contributed by atoms with Crippen molar-refractivity contribution in [2.45, 2.75) is 32.3 Å². The first-order valence-corrected chi connectivity index (χ1v) is 7.72. The Balaban J connectivity index is 1.77. The number of ether oxygens (including phenoxy) is 1. The van der Waals surface area contributed by atoms with Crippen LogP contribution >= 0.6 is 27.5 Å². The Kier molecular flexibility index (Phi) is 3.94. The van der Waals surface area contributed by atoms with Gasteiger partial charge in [0, 0.05) is 16.0 Å². The predicted molar refractivity (Wildman–Crippen MR) is 82.2 cm³/mol. The molecule has 0 atom stereocenters. The van der Waals surface area contributed by atoms with Crippen LogP contribution in [0.5, 0.6) is 5.88 Å². The zero-order valence-corrected chi connectivity index (χ0v) is 13.4. The van der Waals surface area contributed by atoms with Crippen molar-refractivity contribution < 1.29 is 4.74 Å². The smallest absolute Gasteiger partial charge is 0.221 e. The van der Waals surface area contributed by atoms with Crippen LogP contribution in [0, 0.1) is 6.92 Å². The first kappa shape index (κ1) is 13.8. The van der Waals surface area contributed by atoms with Crippen molar-refractivity contribution in [3.8, 4) is 5.88 Å². The Hall–Kier alpha value is -1.13. The average molecular weight is 354 g/mol. The summed E-state index contributed by atoms with van der Waals surface area (Å²) in [4.78, 5) is 8.83. The third-order valence-corrected chi connectivity index (χ3v) is 4.19. The van der Waals surface area contributed by atoms with E-state index in [1.54, 1.807) is 0 Å². The lowest BCUT2D eigenvalue weighted by Crippen LogP contribution is -2.03. The maximum Gasteiger partial charge on any atom is 0.221 e. The van der Waals surface area contributed by atoms with Crippen molar-refractivity contribution in [2.75, 3.05) is 0 Å². The highest BCUT2D eigenvalue weighted by Crippen LogP contribution is 2.39. The number of halogens is 2. The van der Waals surface area contributed by atoms with Crippen molar-refractivity contribution in [1.29, 1.82) is 0 Å². The van der Waals surface area contributed by atoms with Crippen LogP contribution in [-0.4, -0.2) is 9.97 Å². The molecule has 3 rings (SSSR count). The van der Waals surface area contributed by atoms with Crippen LogP contribution in [0.25, 0.3) is 0 Å². The van der Waals surface area contributed by atoms with E-state index in [9.17, 15) is 0 Å². The lowest BCUT2D eigenvalue weighted by atomic mass is 10.2. The second-order valence-corrected chi connectivity index (χ2v) is 6.27. The zero-order valence-electron chi connectivity index (χ0n) is 11.1. The molecule has 0 saturated heterocycles. The van der Waals surface area contributed by atoms with Crippen LogP contribution in [0.2, 0.25) is 5.15 Å². The minimum atomic E-state index is 0.461. The Bertz CT molecular complexity index is 627. The van der Waals surface area contributed by atoms with E-state index in [2.05, 4.69) is 25.9 Å². The molecular formula is C15H14BrClN2O. The molecule has 1 aromatic carbocycles. The van der Waals surface area contributed by atoms with E-state index in [0.29, 0.717) is 23.6 Å². The molecule has 1 aliphatic carbocycles. The zero-order chi connectivity index (χ0) is 14.1. The largest absolute Gasteiger partial charge is 0.472 e. The Labute approximate surface area is 131 Å². The fraction of sp³-hybridized carbons (Fsp3) is 0.333. The molecule has 0 aliphatic heterocycles. The molecule has 0 spiro atoms. The van der Waals surface area contributed by atoms with Crippen LogP contribution in [-0.2, 0) is 6.61 Å². The Morgan fingerprint density at radius 2 is 1.95 bits per heavy atom. The molecule has 0 radical (unpaired) electrons. The first-order chi connectivity index (χ1) is 9.63. The molecule has 1 aliphatic rings. The van der Waals surface area contributed by atoms with E-state index < -0.39 is 0 Å². The number of nitrogens with zero attached hydrogens (tertiary/aromatic N) is 2. The molecule has 104 valence electrons. The molecular weight excluding hydrogens is 340 g/mol. The van der Waals surface area contributed by atoms with Gasteiger partial charge in [-0.2, -0.15) is 4.98 Å². The van der Waals surface area contributed by atoms with Gasteiger partial charge < -0.3 is 4.74 Å². The monoisotopic (exact) mass is 352 g/mol. The second-order valence-electron chi connectivity index (χ2n) is 4.99. The summed E-state index contributed by atoms with van der Waals surface area (Å²) in [5.41, 5.74) is 1.89. The van der Waals surface area contributed by atoms with E-state index in [1.165, 1.54) is 0 Å². The van der Waals surface area contributed by atoms with Crippen molar-refractivity contribution in [3.05, 3.63) is 50.8 Å². The van der Waals surface area contributed by atoms with Crippen molar-refractivity contribution in [3.63, 3.8) is 0 Å². The topological polar surface area (TPSA) is 35.0 Å². The highest BCUT2D eigenvalue weighted by Gasteiger charge is 2.28. The summed E-state index contributed by atoms with van der Waals surface area (Å²) >= 11 is 9.57. The quantitative estimate of drug-likeness (QED) is 0.750. The van der Waals surface area contributed by atoms with Crippen molar-refractivity contribution in [2.24, 2.45) is 0 Å². The summed E-state index contributed by atoms with van der Waals surface area (Å²) in [7, 11) is 0. The van der Waals surface area contributed by atoms with E-state index in [1.807, 2.05) is 31.2 Å². The number of aromatic nitrogens is 2. The summed E-state index contributed by atoms with van der Waals surface area (Å²) in [6.45, 7) is 2.36. The Morgan fingerprint density at radius 1 is 1.25 bits per heavy atom. The maximum absolute atomic E-state index is 6.16. The minimum Gasteiger partial charge on any atom is -0.472 e. The summed E-state index contributed by atoms with van der Waals surface area (Å²) in [5.74, 6) is 1.87. The number of benzene rings is 1. The van der Waals surface area contributed by atoms with Crippen LogP contribution in [0.1, 0.15) is 35.7 Å². The molecule has 0 amide bonds. The maximum atomic E-state index is 6.16. The van der Waals surface area contributed by atoms with Crippen LogP contribution in [0.3, 0.4) is 0 Å². The van der Waals surface area contributed by atoms with Gasteiger partial charge in [-0.1, -0.05) is 39.7 Å². The normalized spacial score (nSPS) is 14.3. The highest BCUT2D eigenvalue weighted by atomic mass is 79.9. The van der Waals surface area contributed by atoms with Gasteiger partial charge in [-0.25, -0.2) is 4.98 Å². The fourth-order valence-electron chi connectivity index (χ4n) is 1.88. The molecule has 1 heterocycles. The molecule has 5 heteroatoms. The molecule has 3 nitrogen and oxygen atoms in total. The fourth-order valence-corrected chi connectivity index (χ4v) is 2.31. The third kappa shape index (κ3) is 3.13. The lowest BCUT2D eigenvalue weighted by Gasteiger charge is -2.10.